The Morgan fingerprint density at radius 3 is 2.56 bits per heavy atom. The summed E-state index contributed by atoms with van der Waals surface area (Å²) in [7, 11) is 1.15. The summed E-state index contributed by atoms with van der Waals surface area (Å²) < 4.78 is 50.4. The molecule has 2 aromatic rings. The number of rotatable bonds is 5. The van der Waals surface area contributed by atoms with Gasteiger partial charge in [-0.1, -0.05) is 0 Å². The number of pyridine rings is 1. The Balaban J connectivity index is 1.63. The highest BCUT2D eigenvalue weighted by molar-refractivity contribution is 5.96. The first kappa shape index (κ1) is 23.8. The summed E-state index contributed by atoms with van der Waals surface area (Å²) in [5.74, 6) is -1.01. The molecule has 4 rings (SSSR count). The first-order chi connectivity index (χ1) is 16.2. The largest absolute Gasteiger partial charge is 0.496 e. The zero-order valence-electron chi connectivity index (χ0n) is 18.8. The van der Waals surface area contributed by atoms with Crippen molar-refractivity contribution in [2.45, 2.75) is 18.8 Å². The third-order valence-electron chi connectivity index (χ3n) is 5.99. The van der Waals surface area contributed by atoms with E-state index in [1.807, 2.05) is 25.1 Å². The van der Waals surface area contributed by atoms with Gasteiger partial charge in [-0.25, -0.2) is 0 Å². The predicted molar refractivity (Wildman–Crippen MR) is 120 cm³/mol. The van der Waals surface area contributed by atoms with Crippen molar-refractivity contribution in [3.63, 3.8) is 0 Å². The average Bonchev–Trinajstić information content (AvgIpc) is 2.85. The van der Waals surface area contributed by atoms with Crippen molar-refractivity contribution in [2.24, 2.45) is 0 Å². The number of allylic oxidation sites excluding steroid dienone is 1. The van der Waals surface area contributed by atoms with Gasteiger partial charge in [0.05, 0.1) is 31.6 Å². The van der Waals surface area contributed by atoms with Gasteiger partial charge in [0.2, 0.25) is 0 Å². The number of dihydropyridines is 1. The number of hydrogen-bond donors (Lipinski definition) is 2. The van der Waals surface area contributed by atoms with Gasteiger partial charge >= 0.3 is 6.18 Å². The van der Waals surface area contributed by atoms with E-state index in [0.29, 0.717) is 32.0 Å². The number of benzene rings is 1. The number of amides is 1. The number of aromatic nitrogens is 1. The molecule has 1 aromatic heterocycles. The Hall–Kier alpha value is -3.37. The summed E-state index contributed by atoms with van der Waals surface area (Å²) in [5, 5.41) is 6.09. The van der Waals surface area contributed by atoms with Crippen LogP contribution in [0.1, 0.15) is 28.4 Å². The molecule has 34 heavy (non-hydrogen) atoms. The van der Waals surface area contributed by atoms with Crippen LogP contribution in [0.25, 0.3) is 5.57 Å². The highest BCUT2D eigenvalue weighted by atomic mass is 19.4. The Morgan fingerprint density at radius 2 is 1.91 bits per heavy atom. The highest BCUT2D eigenvalue weighted by Crippen LogP contribution is 2.37. The summed E-state index contributed by atoms with van der Waals surface area (Å²) in [6.45, 7) is 4.68. The Morgan fingerprint density at radius 1 is 1.21 bits per heavy atom. The maximum atomic E-state index is 13.4. The van der Waals surface area contributed by atoms with Crippen molar-refractivity contribution >= 4 is 11.5 Å². The molecular weight excluding hydrogens is 449 g/mol. The molecule has 0 bridgehead atoms. The molecule has 0 saturated carbocycles. The van der Waals surface area contributed by atoms with Gasteiger partial charge in [0.1, 0.15) is 11.4 Å². The van der Waals surface area contributed by atoms with E-state index in [1.54, 1.807) is 18.6 Å². The van der Waals surface area contributed by atoms with E-state index in [-0.39, 0.29) is 11.3 Å². The number of ether oxygens (including phenoxy) is 2. The standard InChI is InChI=1S/C24H25F3N4O3/c1-23(31-9-11-34-12-10-31)19(16-5-7-28-8-6-16)14-18(15-29-23)30-22(32)17-3-4-21(33-2)20(13-17)24(25,26)27/h3-8,13-15,29H,9-12H2,1-2H3,(H,30,32). The van der Waals surface area contributed by atoms with Crippen molar-refractivity contribution < 1.29 is 27.4 Å². The molecule has 2 aliphatic heterocycles. The Labute approximate surface area is 195 Å². The lowest BCUT2D eigenvalue weighted by Gasteiger charge is -2.46. The van der Waals surface area contributed by atoms with E-state index in [4.69, 9.17) is 9.47 Å². The summed E-state index contributed by atoms with van der Waals surface area (Å²) in [6, 6.07) is 6.97. The fourth-order valence-corrected chi connectivity index (χ4v) is 4.15. The molecule has 7 nitrogen and oxygen atoms in total. The van der Waals surface area contributed by atoms with Gasteiger partial charge in [-0.3, -0.25) is 14.7 Å². The molecule has 0 aliphatic carbocycles. The zero-order chi connectivity index (χ0) is 24.3. The van der Waals surface area contributed by atoms with E-state index < -0.39 is 23.3 Å². The van der Waals surface area contributed by atoms with Crippen molar-refractivity contribution in [1.82, 2.24) is 20.5 Å². The third-order valence-corrected chi connectivity index (χ3v) is 5.99. The lowest BCUT2D eigenvalue weighted by molar-refractivity contribution is -0.138. The van der Waals surface area contributed by atoms with Gasteiger partial charge in [0, 0.05) is 42.8 Å². The Bertz CT molecular complexity index is 1110. The van der Waals surface area contributed by atoms with Crippen molar-refractivity contribution in [1.29, 1.82) is 0 Å². The second-order valence-electron chi connectivity index (χ2n) is 8.08. The molecule has 180 valence electrons. The van der Waals surface area contributed by atoms with Crippen LogP contribution in [0.4, 0.5) is 13.2 Å². The fourth-order valence-electron chi connectivity index (χ4n) is 4.15. The van der Waals surface area contributed by atoms with Crippen LogP contribution in [0.3, 0.4) is 0 Å². The number of nitrogens with one attached hydrogen (secondary N) is 2. The van der Waals surface area contributed by atoms with Crippen molar-refractivity contribution in [3.05, 3.63) is 77.4 Å². The van der Waals surface area contributed by atoms with Crippen LogP contribution in [0, 0.1) is 0 Å². The number of nitrogens with zero attached hydrogens (tertiary/aromatic N) is 2. The number of carbonyl (C=O) groups excluding carboxylic acids is 1. The second-order valence-corrected chi connectivity index (χ2v) is 8.08. The van der Waals surface area contributed by atoms with Gasteiger partial charge in [-0.05, 0) is 48.9 Å². The maximum absolute atomic E-state index is 13.4. The fraction of sp³-hybridized carbons (Fsp3) is 0.333. The van der Waals surface area contributed by atoms with E-state index in [9.17, 15) is 18.0 Å². The van der Waals surface area contributed by atoms with Gasteiger partial charge in [-0.15, -0.1) is 0 Å². The smallest absolute Gasteiger partial charge is 0.419 e. The highest BCUT2D eigenvalue weighted by Gasteiger charge is 2.39. The van der Waals surface area contributed by atoms with Crippen LogP contribution in [0.2, 0.25) is 0 Å². The third kappa shape index (κ3) is 4.78. The summed E-state index contributed by atoms with van der Waals surface area (Å²) in [6.07, 6.45) is 2.20. The molecular formula is C24H25F3N4O3. The minimum absolute atomic E-state index is 0.130. The quantitative estimate of drug-likeness (QED) is 0.692. The van der Waals surface area contributed by atoms with Crippen molar-refractivity contribution in [3.8, 4) is 5.75 Å². The molecule has 0 radical (unpaired) electrons. The first-order valence-corrected chi connectivity index (χ1v) is 10.7. The molecule has 1 saturated heterocycles. The van der Waals surface area contributed by atoms with E-state index in [2.05, 4.69) is 20.5 Å². The minimum Gasteiger partial charge on any atom is -0.496 e. The monoisotopic (exact) mass is 474 g/mol. The van der Waals surface area contributed by atoms with Gasteiger partial charge in [0.25, 0.3) is 5.91 Å². The van der Waals surface area contributed by atoms with Crippen LogP contribution in [0.15, 0.2) is 60.7 Å². The lowest BCUT2D eigenvalue weighted by Crippen LogP contribution is -2.60. The predicted octanol–water partition coefficient (Wildman–Crippen LogP) is 3.42. The molecule has 0 spiro atoms. The topological polar surface area (TPSA) is 75.7 Å². The van der Waals surface area contributed by atoms with Crippen LogP contribution in [-0.4, -0.2) is 54.9 Å². The molecule has 1 amide bonds. The van der Waals surface area contributed by atoms with E-state index in [0.717, 1.165) is 30.4 Å². The molecule has 10 heteroatoms. The van der Waals surface area contributed by atoms with Crippen LogP contribution < -0.4 is 15.4 Å². The molecule has 2 N–H and O–H groups in total. The molecule has 3 heterocycles. The van der Waals surface area contributed by atoms with Crippen LogP contribution in [-0.2, 0) is 10.9 Å². The Kier molecular flexibility index (Phi) is 6.63. The maximum Gasteiger partial charge on any atom is 0.419 e. The normalized spacial score (nSPS) is 21.2. The molecule has 1 unspecified atom stereocenters. The minimum atomic E-state index is -4.65. The van der Waals surface area contributed by atoms with E-state index >= 15 is 0 Å². The SMILES string of the molecule is COc1ccc(C(=O)NC2=CNC(C)(N3CCOCC3)C(c3ccncc3)=C2)cc1C(F)(F)F. The van der Waals surface area contributed by atoms with Gasteiger partial charge < -0.3 is 20.1 Å². The van der Waals surface area contributed by atoms with Crippen LogP contribution >= 0.6 is 0 Å². The summed E-state index contributed by atoms with van der Waals surface area (Å²) in [4.78, 5) is 19.2. The van der Waals surface area contributed by atoms with Gasteiger partial charge in [0.15, 0.2) is 0 Å². The molecule has 2 aliphatic rings. The number of morpholine rings is 1. The van der Waals surface area contributed by atoms with Crippen LogP contribution in [0.5, 0.6) is 5.75 Å². The van der Waals surface area contributed by atoms with E-state index in [1.165, 1.54) is 6.07 Å². The summed E-state index contributed by atoms with van der Waals surface area (Å²) >= 11 is 0. The lowest BCUT2D eigenvalue weighted by atomic mass is 9.89. The second kappa shape index (κ2) is 9.47. The number of carbonyl (C=O) groups is 1. The number of hydrogen-bond acceptors (Lipinski definition) is 6. The average molecular weight is 474 g/mol. The van der Waals surface area contributed by atoms with Crippen molar-refractivity contribution in [2.75, 3.05) is 33.4 Å². The molecule has 1 aromatic carbocycles. The zero-order valence-corrected chi connectivity index (χ0v) is 18.8. The summed E-state index contributed by atoms with van der Waals surface area (Å²) in [5.41, 5.74) is 0.497. The first-order valence-electron chi connectivity index (χ1n) is 10.7. The number of methoxy groups -OCH3 is 1. The number of alkyl halides is 3. The van der Waals surface area contributed by atoms with Gasteiger partial charge in [-0.2, -0.15) is 13.2 Å². The molecule has 1 atom stereocenters. The molecule has 1 fully saturated rings. The number of halogens is 3.